The van der Waals surface area contributed by atoms with Gasteiger partial charge in [0.15, 0.2) is 0 Å². The molecule has 572 valence electrons. The van der Waals surface area contributed by atoms with Crippen LogP contribution in [0.5, 0.6) is 29.1 Å². The van der Waals surface area contributed by atoms with Crippen LogP contribution in [-0.4, -0.2) is 177 Å². The van der Waals surface area contributed by atoms with Gasteiger partial charge >= 0.3 is 0 Å². The second-order valence-corrected chi connectivity index (χ2v) is 27.2. The minimum Gasteiger partial charge on any atom is -0.497 e. The van der Waals surface area contributed by atoms with Crippen molar-refractivity contribution in [3.05, 3.63) is 222 Å². The number of aliphatic hydroxyl groups excluding tert-OH is 4. The van der Waals surface area contributed by atoms with E-state index in [0.717, 1.165) is 78.1 Å². The zero-order valence-corrected chi connectivity index (χ0v) is 62.2. The molecule has 11 aromatic rings. The van der Waals surface area contributed by atoms with Crippen LogP contribution >= 0.6 is 0 Å². The molecule has 5 aromatic carbocycles. The second kappa shape index (κ2) is 38.0. The third kappa shape index (κ3) is 18.3. The maximum atomic E-state index is 11.6. The van der Waals surface area contributed by atoms with Crippen molar-refractivity contribution in [2.24, 2.45) is 17.8 Å². The molecule has 6 aromatic heterocycles. The Hall–Kier alpha value is -9.52. The Labute approximate surface area is 628 Å². The molecular formula is C82H97N9O17. The molecule has 0 bridgehead atoms. The average molecular weight is 1480 g/mol. The van der Waals surface area contributed by atoms with E-state index in [2.05, 4.69) is 29.9 Å². The van der Waals surface area contributed by atoms with Crippen molar-refractivity contribution in [2.45, 2.75) is 127 Å². The molecule has 3 fully saturated rings. The van der Waals surface area contributed by atoms with Crippen molar-refractivity contribution in [3.8, 4) is 29.1 Å². The largest absolute Gasteiger partial charge is 0.497 e. The molecule has 12 atom stereocenters. The first kappa shape index (κ1) is 78.1. The van der Waals surface area contributed by atoms with Crippen molar-refractivity contribution in [1.29, 1.82) is 0 Å². The Morgan fingerprint density at radius 3 is 1.05 bits per heavy atom. The van der Waals surface area contributed by atoms with Gasteiger partial charge < -0.3 is 95.7 Å². The third-order valence-corrected chi connectivity index (χ3v) is 20.4. The van der Waals surface area contributed by atoms with E-state index < -0.39 is 36.6 Å². The fourth-order valence-corrected chi connectivity index (χ4v) is 15.1. The van der Waals surface area contributed by atoms with E-state index in [-0.39, 0.29) is 49.0 Å². The lowest BCUT2D eigenvalue weighted by molar-refractivity contribution is -0.0635. The van der Waals surface area contributed by atoms with Gasteiger partial charge in [-0.15, -0.1) is 0 Å². The Morgan fingerprint density at radius 1 is 0.333 bits per heavy atom. The van der Waals surface area contributed by atoms with Crippen LogP contribution < -0.4 is 23.7 Å². The molecule has 0 unspecified atom stereocenters. The molecule has 26 heteroatoms. The molecule has 0 aliphatic heterocycles. The third-order valence-electron chi connectivity index (χ3n) is 20.4. The highest BCUT2D eigenvalue weighted by atomic mass is 16.5. The van der Waals surface area contributed by atoms with E-state index in [0.29, 0.717) is 108 Å². The quantitative estimate of drug-likeness (QED) is 0.0305. The summed E-state index contributed by atoms with van der Waals surface area (Å²) in [4.78, 5) is 26.6. The number of benzene rings is 5. The fraction of sp³-hybridized carbons (Fsp3) is 0.415. The summed E-state index contributed by atoms with van der Waals surface area (Å²) >= 11 is 0. The zero-order chi connectivity index (χ0) is 75.5. The van der Waals surface area contributed by atoms with Gasteiger partial charge in [-0.1, -0.05) is 115 Å². The van der Waals surface area contributed by atoms with E-state index in [9.17, 15) is 20.4 Å². The second-order valence-electron chi connectivity index (χ2n) is 27.2. The summed E-state index contributed by atoms with van der Waals surface area (Å²) in [5, 5.41) is 44.0. The zero-order valence-electron chi connectivity index (χ0n) is 62.2. The standard InChI is InChI=1S/2C30H35N3O6.C22H27N3O5/c1-35-17-22-13-24(28(34)29(22)39-16-21-9-11-23(36-2)12-10-21)25-14-33(19-38-15-20-7-5-4-6-8-20)27-26(25)31-18-32-30(27)37-3;1-35-17-22-13-24(29(28(22)34)39-16-21-9-11-23(36-2)12-10-21)25-14-33(19-38-15-20-7-5-4-6-8-20)27-26(25)31-18-32-30(27)37-3;1-28-11-15-8-16(21(27)20(15)26)17-9-25(13-30-10-14-6-4-3-5-7-14)19-18(17)23-12-24-22(19)29-2/h2*4-12,14,18,22,24,28-29,34H,13,15-17,19H2,1-3H3;3-7,9,12,15-16,20-21,26-27H,8,10-11,13H2,1-2H3/t22-,24+,28+,29-;22-,24+,28-,29+;15-,16+,20-,21+/m111/s1. The molecule has 3 saturated carbocycles. The van der Waals surface area contributed by atoms with Gasteiger partial charge in [0.2, 0.25) is 17.6 Å². The molecule has 6 heterocycles. The Kier molecular flexibility index (Phi) is 27.5. The van der Waals surface area contributed by atoms with Crippen LogP contribution in [0.4, 0.5) is 0 Å². The van der Waals surface area contributed by atoms with Crippen molar-refractivity contribution >= 4 is 33.1 Å². The van der Waals surface area contributed by atoms with E-state index >= 15 is 0 Å². The van der Waals surface area contributed by atoms with Crippen LogP contribution in [0, 0.1) is 17.8 Å². The lowest BCUT2D eigenvalue weighted by Crippen LogP contribution is -2.32. The van der Waals surface area contributed by atoms with Crippen LogP contribution in [-0.2, 0) is 91.1 Å². The van der Waals surface area contributed by atoms with Crippen LogP contribution in [0.2, 0.25) is 0 Å². The lowest BCUT2D eigenvalue weighted by atomic mass is 9.96. The minimum absolute atomic E-state index is 0.0183. The maximum absolute atomic E-state index is 11.6. The summed E-state index contributed by atoms with van der Waals surface area (Å²) in [6.45, 7) is 4.32. The molecule has 3 aliphatic rings. The highest BCUT2D eigenvalue weighted by Crippen LogP contribution is 2.47. The molecule has 0 radical (unpaired) electrons. The number of methoxy groups -OCH3 is 8. The van der Waals surface area contributed by atoms with Crippen molar-refractivity contribution in [2.75, 3.05) is 76.7 Å². The molecule has 108 heavy (non-hydrogen) atoms. The van der Waals surface area contributed by atoms with Gasteiger partial charge in [0.05, 0.1) is 142 Å². The summed E-state index contributed by atoms with van der Waals surface area (Å²) in [5.41, 5.74) is 12.4. The lowest BCUT2D eigenvalue weighted by Gasteiger charge is -2.23. The smallest absolute Gasteiger partial charge is 0.241 e. The minimum atomic E-state index is -0.893. The molecule has 26 nitrogen and oxygen atoms in total. The Bertz CT molecular complexity index is 4580. The average Bonchev–Trinajstić information content (AvgIpc) is 1.61. The first-order valence-electron chi connectivity index (χ1n) is 36.1. The van der Waals surface area contributed by atoms with Gasteiger partial charge in [0, 0.05) is 92.1 Å². The summed E-state index contributed by atoms with van der Waals surface area (Å²) < 4.78 is 79.9. The van der Waals surface area contributed by atoms with E-state index in [1.54, 1.807) is 56.9 Å². The first-order valence-corrected chi connectivity index (χ1v) is 36.1. The van der Waals surface area contributed by atoms with Crippen LogP contribution in [0.25, 0.3) is 33.1 Å². The number of hydrogen-bond acceptors (Lipinski definition) is 23. The first-order chi connectivity index (χ1) is 52.9. The van der Waals surface area contributed by atoms with Crippen molar-refractivity contribution in [3.63, 3.8) is 0 Å². The fourth-order valence-electron chi connectivity index (χ4n) is 15.1. The summed E-state index contributed by atoms with van der Waals surface area (Å²) in [6.07, 6.45) is 8.37. The van der Waals surface area contributed by atoms with Gasteiger partial charge in [-0.2, -0.15) is 15.0 Å². The summed E-state index contributed by atoms with van der Waals surface area (Å²) in [6, 6.07) is 45.5. The van der Waals surface area contributed by atoms with Gasteiger partial charge in [-0.05, 0) is 71.3 Å². The van der Waals surface area contributed by atoms with Crippen LogP contribution in [0.15, 0.2) is 177 Å². The van der Waals surface area contributed by atoms with Gasteiger partial charge in [-0.3, -0.25) is 0 Å². The predicted molar refractivity (Wildman–Crippen MR) is 401 cm³/mol. The maximum Gasteiger partial charge on any atom is 0.241 e. The van der Waals surface area contributed by atoms with Crippen molar-refractivity contribution in [1.82, 2.24) is 43.6 Å². The molecule has 0 saturated heterocycles. The van der Waals surface area contributed by atoms with Gasteiger partial charge in [0.25, 0.3) is 0 Å². The van der Waals surface area contributed by atoms with Crippen LogP contribution in [0.3, 0.4) is 0 Å². The number of fused-ring (bicyclic) bond motifs is 3. The topological polar surface area (TPSA) is 293 Å². The van der Waals surface area contributed by atoms with Crippen LogP contribution in [0.1, 0.15) is 81.5 Å². The molecule has 3 aliphatic carbocycles. The molecule has 4 N–H and O–H groups in total. The molecule has 14 rings (SSSR count). The number of aromatic nitrogens is 9. The monoisotopic (exact) mass is 1480 g/mol. The van der Waals surface area contributed by atoms with Crippen molar-refractivity contribution < 1.29 is 82.0 Å². The van der Waals surface area contributed by atoms with E-state index in [1.807, 2.05) is 172 Å². The number of nitrogens with zero attached hydrogens (tertiary/aromatic N) is 9. The SMILES string of the molecule is COC[C@H]1C[C@@H](c2cn(COCc3ccccc3)c3c(OC)ncnc23)[C@H](O)[C@@H]1O.COC[C@H]1C[C@@H](c2cn(COCc3ccccc3)c3c(OC)ncnc23)[C@H](O)[C@@H]1OCc1ccc(OC)cc1.COC[C@H]1C[C@@H](c2cn(COCc3ccccc3)c3c(OC)ncnc23)[C@H](OCc2ccc(OC)cc2)[C@@H]1O. The highest BCUT2D eigenvalue weighted by Gasteiger charge is 2.48. The van der Waals surface area contributed by atoms with E-state index in [4.69, 9.17) is 61.6 Å². The normalized spacial score (nSPS) is 21.7. The highest BCUT2D eigenvalue weighted by molar-refractivity contribution is 5.86. The Balaban J connectivity index is 0.000000153. The Morgan fingerprint density at radius 2 is 0.667 bits per heavy atom. The predicted octanol–water partition coefficient (Wildman–Crippen LogP) is 10.7. The molecule has 0 amide bonds. The molecular weight excluding hydrogens is 1380 g/mol. The van der Waals surface area contributed by atoms with Gasteiger partial charge in [0.1, 0.15) is 67.2 Å². The number of rotatable bonds is 32. The molecule has 0 spiro atoms. The number of hydrogen-bond donors (Lipinski definition) is 4. The van der Waals surface area contributed by atoms with Gasteiger partial charge in [-0.25, -0.2) is 15.0 Å². The summed E-state index contributed by atoms with van der Waals surface area (Å²) in [7, 11) is 13.0. The summed E-state index contributed by atoms with van der Waals surface area (Å²) in [5.74, 6) is 2.17. The van der Waals surface area contributed by atoms with E-state index in [1.165, 1.54) is 19.0 Å². The number of aliphatic hydroxyl groups is 4. The number of ether oxygens (including phenoxy) is 13.